The van der Waals surface area contributed by atoms with E-state index in [4.69, 9.17) is 4.74 Å². The Balaban J connectivity index is 1.48. The summed E-state index contributed by atoms with van der Waals surface area (Å²) in [5.41, 5.74) is 3.32. The number of hydrogen-bond donors (Lipinski definition) is 1. The molecule has 2 heterocycles. The maximum atomic E-state index is 13.5. The van der Waals surface area contributed by atoms with Gasteiger partial charge in [0.05, 0.1) is 5.92 Å². The van der Waals surface area contributed by atoms with Gasteiger partial charge in [0.15, 0.2) is 12.4 Å². The summed E-state index contributed by atoms with van der Waals surface area (Å²) in [6.45, 7) is 3.64. The van der Waals surface area contributed by atoms with Gasteiger partial charge in [0.2, 0.25) is 5.91 Å². The van der Waals surface area contributed by atoms with Gasteiger partial charge in [-0.2, -0.15) is 0 Å². The summed E-state index contributed by atoms with van der Waals surface area (Å²) >= 11 is 0. The molecular weight excluding hydrogens is 399 g/mol. The van der Waals surface area contributed by atoms with Crippen LogP contribution < -0.4 is 10.2 Å². The van der Waals surface area contributed by atoms with Gasteiger partial charge in [0, 0.05) is 42.0 Å². The predicted octanol–water partition coefficient (Wildman–Crippen LogP) is 3.68. The molecule has 0 unspecified atom stereocenters. The normalized spacial score (nSPS) is 20.1. The summed E-state index contributed by atoms with van der Waals surface area (Å²) in [6, 6.07) is 11.8. The van der Waals surface area contributed by atoms with Crippen molar-refractivity contribution in [1.29, 1.82) is 0 Å². The second-order valence-corrected chi connectivity index (χ2v) is 8.34. The third-order valence-corrected chi connectivity index (χ3v) is 5.93. The van der Waals surface area contributed by atoms with E-state index in [2.05, 4.69) is 5.32 Å². The smallest absolute Gasteiger partial charge is 0.314 e. The number of fused-ring (bicyclic) bond motifs is 2. The van der Waals surface area contributed by atoms with Crippen molar-refractivity contribution in [2.75, 3.05) is 23.9 Å². The SMILES string of the molecule is CN1/C(=C\C(=O)COC(=O)[C@@H]2CC(=O)Nc3cc(F)ccc32)C(C)(C)c2ccccc21. The minimum absolute atomic E-state index is 0.113. The third-order valence-electron chi connectivity index (χ3n) is 5.93. The molecule has 2 aliphatic heterocycles. The summed E-state index contributed by atoms with van der Waals surface area (Å²) in [5, 5.41) is 2.55. The van der Waals surface area contributed by atoms with Gasteiger partial charge in [0.25, 0.3) is 0 Å². The van der Waals surface area contributed by atoms with Crippen molar-refractivity contribution in [2.24, 2.45) is 0 Å². The van der Waals surface area contributed by atoms with E-state index >= 15 is 0 Å². The van der Waals surface area contributed by atoms with Crippen LogP contribution in [-0.4, -0.2) is 31.3 Å². The van der Waals surface area contributed by atoms with Crippen LogP contribution in [-0.2, 0) is 24.5 Å². The minimum Gasteiger partial charge on any atom is -0.457 e. The summed E-state index contributed by atoms with van der Waals surface area (Å²) in [5.74, 6) is -2.83. The van der Waals surface area contributed by atoms with Crippen LogP contribution in [0.4, 0.5) is 15.8 Å². The number of nitrogens with one attached hydrogen (secondary N) is 1. The van der Waals surface area contributed by atoms with Crippen LogP contribution in [0.25, 0.3) is 0 Å². The predicted molar refractivity (Wildman–Crippen MR) is 114 cm³/mol. The minimum atomic E-state index is -0.875. The number of amides is 1. The molecule has 2 aromatic rings. The van der Waals surface area contributed by atoms with E-state index in [9.17, 15) is 18.8 Å². The second-order valence-electron chi connectivity index (χ2n) is 8.34. The van der Waals surface area contributed by atoms with E-state index in [1.807, 2.05) is 50.1 Å². The van der Waals surface area contributed by atoms with Crippen molar-refractivity contribution in [3.05, 3.63) is 71.2 Å². The lowest BCUT2D eigenvalue weighted by Crippen LogP contribution is -2.30. The van der Waals surface area contributed by atoms with Crippen LogP contribution >= 0.6 is 0 Å². The molecule has 0 aromatic heterocycles. The second kappa shape index (κ2) is 7.65. The van der Waals surface area contributed by atoms with E-state index in [-0.39, 0.29) is 23.3 Å². The molecular formula is C24H23FN2O4. The first-order chi connectivity index (χ1) is 14.7. The molecule has 6 nitrogen and oxygen atoms in total. The Labute approximate surface area is 179 Å². The number of nitrogens with zero attached hydrogens (tertiary/aromatic N) is 1. The van der Waals surface area contributed by atoms with Crippen molar-refractivity contribution in [1.82, 2.24) is 0 Å². The van der Waals surface area contributed by atoms with Crippen molar-refractivity contribution < 1.29 is 23.5 Å². The summed E-state index contributed by atoms with van der Waals surface area (Å²) in [4.78, 5) is 39.1. The van der Waals surface area contributed by atoms with Crippen molar-refractivity contribution in [2.45, 2.75) is 31.6 Å². The lowest BCUT2D eigenvalue weighted by molar-refractivity contribution is -0.149. The molecule has 2 aliphatic rings. The average molecular weight is 422 g/mol. The molecule has 0 aliphatic carbocycles. The van der Waals surface area contributed by atoms with Gasteiger partial charge in [0.1, 0.15) is 5.82 Å². The number of esters is 1. The Bertz CT molecular complexity index is 1120. The zero-order chi connectivity index (χ0) is 22.3. The van der Waals surface area contributed by atoms with Crippen LogP contribution in [0.15, 0.2) is 54.2 Å². The molecule has 31 heavy (non-hydrogen) atoms. The Morgan fingerprint density at radius 2 is 2.00 bits per heavy atom. The lowest BCUT2D eigenvalue weighted by Gasteiger charge is -2.25. The van der Waals surface area contributed by atoms with Crippen LogP contribution in [0.3, 0.4) is 0 Å². The van der Waals surface area contributed by atoms with E-state index in [1.54, 1.807) is 0 Å². The molecule has 160 valence electrons. The lowest BCUT2D eigenvalue weighted by atomic mass is 9.83. The molecule has 0 saturated heterocycles. The fourth-order valence-corrected chi connectivity index (χ4v) is 4.34. The molecule has 1 amide bonds. The Kier molecular flexibility index (Phi) is 5.13. The highest BCUT2D eigenvalue weighted by molar-refractivity contribution is 6.01. The maximum absolute atomic E-state index is 13.5. The van der Waals surface area contributed by atoms with Gasteiger partial charge in [-0.25, -0.2) is 4.39 Å². The number of allylic oxidation sites excluding steroid dienone is 1. The number of benzene rings is 2. The molecule has 4 rings (SSSR count). The zero-order valence-electron chi connectivity index (χ0n) is 17.6. The van der Waals surface area contributed by atoms with Gasteiger partial charge in [-0.15, -0.1) is 0 Å². The van der Waals surface area contributed by atoms with Crippen LogP contribution in [0.2, 0.25) is 0 Å². The maximum Gasteiger partial charge on any atom is 0.314 e. The van der Waals surface area contributed by atoms with E-state index in [1.165, 1.54) is 18.2 Å². The fourth-order valence-electron chi connectivity index (χ4n) is 4.34. The number of carbonyl (C=O) groups is 3. The molecule has 0 bridgehead atoms. The number of ether oxygens (including phenoxy) is 1. The molecule has 0 spiro atoms. The van der Waals surface area contributed by atoms with Gasteiger partial charge >= 0.3 is 5.97 Å². The summed E-state index contributed by atoms with van der Waals surface area (Å²) < 4.78 is 18.7. The average Bonchev–Trinajstić information content (AvgIpc) is 2.92. The molecule has 1 atom stereocenters. The quantitative estimate of drug-likeness (QED) is 0.601. The van der Waals surface area contributed by atoms with Gasteiger partial charge < -0.3 is 15.0 Å². The first-order valence-corrected chi connectivity index (χ1v) is 10.0. The Morgan fingerprint density at radius 3 is 2.74 bits per heavy atom. The van der Waals surface area contributed by atoms with E-state index in [0.717, 1.165) is 23.0 Å². The number of para-hydroxylation sites is 1. The summed E-state index contributed by atoms with van der Waals surface area (Å²) in [7, 11) is 1.90. The standard InChI is InChI=1S/C24H23FN2O4/c1-24(2)18-6-4-5-7-20(18)27(3)21(24)11-15(28)13-31-23(30)17-12-22(29)26-19-10-14(25)8-9-16(17)19/h4-11,17H,12-13H2,1-3H3,(H,26,29)/b21-11-/t17-/m1/s1. The number of halogens is 1. The monoisotopic (exact) mass is 422 g/mol. The number of hydrogen-bond acceptors (Lipinski definition) is 5. The number of anilines is 2. The highest BCUT2D eigenvalue weighted by Crippen LogP contribution is 2.46. The first-order valence-electron chi connectivity index (χ1n) is 10.0. The van der Waals surface area contributed by atoms with Crippen LogP contribution in [0.1, 0.15) is 37.3 Å². The van der Waals surface area contributed by atoms with Crippen LogP contribution in [0, 0.1) is 5.82 Å². The number of ketones is 1. The molecule has 0 saturated carbocycles. The van der Waals surface area contributed by atoms with E-state index in [0.29, 0.717) is 5.56 Å². The van der Waals surface area contributed by atoms with Crippen molar-refractivity contribution >= 4 is 29.0 Å². The molecule has 1 N–H and O–H groups in total. The molecule has 0 radical (unpaired) electrons. The number of likely N-dealkylation sites (N-methyl/N-ethyl adjacent to an activating group) is 1. The molecule has 0 fully saturated rings. The molecule has 2 aromatic carbocycles. The number of carbonyl (C=O) groups excluding carboxylic acids is 3. The molecule has 7 heteroatoms. The van der Waals surface area contributed by atoms with Crippen LogP contribution in [0.5, 0.6) is 0 Å². The fraction of sp³-hybridized carbons (Fsp3) is 0.292. The Morgan fingerprint density at radius 1 is 1.26 bits per heavy atom. The van der Waals surface area contributed by atoms with Crippen molar-refractivity contribution in [3.8, 4) is 0 Å². The summed E-state index contributed by atoms with van der Waals surface area (Å²) in [6.07, 6.45) is 1.39. The van der Waals surface area contributed by atoms with Gasteiger partial charge in [-0.3, -0.25) is 14.4 Å². The van der Waals surface area contributed by atoms with E-state index < -0.39 is 30.2 Å². The number of rotatable bonds is 4. The largest absolute Gasteiger partial charge is 0.457 e. The van der Waals surface area contributed by atoms with Crippen molar-refractivity contribution in [3.63, 3.8) is 0 Å². The zero-order valence-corrected chi connectivity index (χ0v) is 17.6. The highest BCUT2D eigenvalue weighted by Gasteiger charge is 2.38. The van der Waals surface area contributed by atoms with Gasteiger partial charge in [-0.05, 0) is 29.3 Å². The topological polar surface area (TPSA) is 75.7 Å². The third kappa shape index (κ3) is 3.71. The highest BCUT2D eigenvalue weighted by atomic mass is 19.1. The first kappa shape index (κ1) is 20.8. The Hall–Kier alpha value is -3.48. The van der Waals surface area contributed by atoms with Gasteiger partial charge in [-0.1, -0.05) is 38.1 Å².